The summed E-state index contributed by atoms with van der Waals surface area (Å²) in [5, 5.41) is 4.84. The molecule has 0 saturated carbocycles. The molecule has 6 nitrogen and oxygen atoms in total. The van der Waals surface area contributed by atoms with E-state index in [2.05, 4.69) is 22.1 Å². The molecular formula is C30H28ClN3O3S. The number of nitrogens with one attached hydrogen (secondary N) is 1. The number of carbonyl (C=O) groups is 2. The molecular weight excluding hydrogens is 518 g/mol. The van der Waals surface area contributed by atoms with Gasteiger partial charge in [0.05, 0.1) is 36.1 Å². The maximum Gasteiger partial charge on any atom is 0.340 e. The Bertz CT molecular complexity index is 1520. The normalized spacial score (nSPS) is 16.2. The first kappa shape index (κ1) is 24.8. The molecule has 3 heterocycles. The predicted molar refractivity (Wildman–Crippen MR) is 151 cm³/mol. The van der Waals surface area contributed by atoms with E-state index in [1.165, 1.54) is 27.4 Å². The fourth-order valence-corrected chi connectivity index (χ4v) is 7.18. The van der Waals surface area contributed by atoms with E-state index in [-0.39, 0.29) is 18.7 Å². The minimum atomic E-state index is -0.464. The number of fused-ring (bicyclic) bond motifs is 5. The van der Waals surface area contributed by atoms with Crippen LogP contribution in [0.15, 0.2) is 66.9 Å². The number of urea groups is 1. The first-order chi connectivity index (χ1) is 18.5. The minimum absolute atomic E-state index is 0.257. The highest BCUT2D eigenvalue weighted by atomic mass is 35.5. The number of ether oxygens (including phenoxy) is 1. The molecule has 0 unspecified atom stereocenters. The fourth-order valence-electron chi connectivity index (χ4n) is 5.58. The summed E-state index contributed by atoms with van der Waals surface area (Å²) in [6.45, 7) is 2.47. The SMILES string of the molecule is CCOC(=O)c1ccccc1NC(=O)N1Cc2c(sc3c2CCCC3)-n2cccc2[C@@H]1c1cccc(Cl)c1. The molecule has 0 fully saturated rings. The van der Waals surface area contributed by atoms with Gasteiger partial charge in [-0.25, -0.2) is 9.59 Å². The lowest BCUT2D eigenvalue weighted by molar-refractivity contribution is 0.0527. The zero-order valence-corrected chi connectivity index (χ0v) is 22.6. The van der Waals surface area contributed by atoms with Crippen molar-refractivity contribution in [2.24, 2.45) is 0 Å². The number of aryl methyl sites for hydroxylation is 1. The molecule has 0 spiro atoms. The van der Waals surface area contributed by atoms with Gasteiger partial charge in [-0.1, -0.05) is 35.9 Å². The zero-order valence-electron chi connectivity index (χ0n) is 21.1. The summed E-state index contributed by atoms with van der Waals surface area (Å²) in [5.41, 5.74) is 5.27. The van der Waals surface area contributed by atoms with Crippen molar-refractivity contribution in [3.63, 3.8) is 0 Å². The molecule has 2 aromatic heterocycles. The number of amides is 2. The summed E-state index contributed by atoms with van der Waals surface area (Å²) in [6.07, 6.45) is 6.56. The monoisotopic (exact) mass is 545 g/mol. The molecule has 0 radical (unpaired) electrons. The average molecular weight is 546 g/mol. The second kappa shape index (κ2) is 10.3. The number of nitrogens with zero attached hydrogens (tertiary/aromatic N) is 2. The largest absolute Gasteiger partial charge is 0.462 e. The highest BCUT2D eigenvalue weighted by Crippen LogP contribution is 2.44. The van der Waals surface area contributed by atoms with Gasteiger partial charge in [0.1, 0.15) is 5.00 Å². The van der Waals surface area contributed by atoms with Crippen LogP contribution in [0.2, 0.25) is 5.02 Å². The van der Waals surface area contributed by atoms with Gasteiger partial charge in [-0.2, -0.15) is 0 Å². The van der Waals surface area contributed by atoms with Crippen LogP contribution >= 0.6 is 22.9 Å². The van der Waals surface area contributed by atoms with Crippen molar-refractivity contribution in [1.29, 1.82) is 0 Å². The summed E-state index contributed by atoms with van der Waals surface area (Å²) in [5.74, 6) is -0.464. The maximum absolute atomic E-state index is 14.2. The third-order valence-electron chi connectivity index (χ3n) is 7.27. The van der Waals surface area contributed by atoms with E-state index in [0.29, 0.717) is 22.8 Å². The molecule has 8 heteroatoms. The first-order valence-corrected chi connectivity index (χ1v) is 14.1. The number of aromatic nitrogens is 1. The lowest BCUT2D eigenvalue weighted by atomic mass is 9.95. The van der Waals surface area contributed by atoms with E-state index >= 15 is 0 Å². The lowest BCUT2D eigenvalue weighted by Crippen LogP contribution is -2.38. The third-order valence-corrected chi connectivity index (χ3v) is 8.84. The third kappa shape index (κ3) is 4.40. The Labute approximate surface area is 230 Å². The molecule has 2 aliphatic rings. The number of rotatable bonds is 4. The van der Waals surface area contributed by atoms with E-state index < -0.39 is 5.97 Å². The van der Waals surface area contributed by atoms with Crippen LogP contribution in [0.3, 0.4) is 0 Å². The van der Waals surface area contributed by atoms with Gasteiger partial charge in [0.15, 0.2) is 0 Å². The summed E-state index contributed by atoms with van der Waals surface area (Å²) in [6, 6.07) is 18.1. The van der Waals surface area contributed by atoms with Crippen LogP contribution in [0, 0.1) is 0 Å². The van der Waals surface area contributed by atoms with Crippen molar-refractivity contribution in [3.8, 4) is 5.00 Å². The standard InChI is InChI=1S/C30H28ClN3O3S/c1-2-37-29(35)22-12-3-5-13-24(22)32-30(36)34-18-23-21-11-4-6-15-26(21)38-28(23)33-16-8-14-25(33)27(34)19-9-7-10-20(31)17-19/h3,5,7-10,12-14,16-17,27H,2,4,6,11,15,18H2,1H3,(H,32,36)/t27-/m0/s1. The number of carbonyl (C=O) groups excluding carboxylic acids is 2. The van der Waals surface area contributed by atoms with E-state index in [0.717, 1.165) is 30.5 Å². The molecule has 1 aliphatic carbocycles. The van der Waals surface area contributed by atoms with Gasteiger partial charge < -0.3 is 19.5 Å². The number of halogens is 1. The number of para-hydroxylation sites is 1. The van der Waals surface area contributed by atoms with Crippen molar-refractivity contribution < 1.29 is 14.3 Å². The van der Waals surface area contributed by atoms with Crippen LogP contribution in [-0.2, 0) is 24.1 Å². The van der Waals surface area contributed by atoms with Gasteiger partial charge >= 0.3 is 12.0 Å². The van der Waals surface area contributed by atoms with Crippen molar-refractivity contribution in [1.82, 2.24) is 9.47 Å². The van der Waals surface area contributed by atoms with Crippen LogP contribution in [-0.4, -0.2) is 28.1 Å². The number of hydrogen-bond acceptors (Lipinski definition) is 4. The number of benzene rings is 2. The highest BCUT2D eigenvalue weighted by molar-refractivity contribution is 7.15. The highest BCUT2D eigenvalue weighted by Gasteiger charge is 2.36. The van der Waals surface area contributed by atoms with Crippen molar-refractivity contribution in [2.45, 2.75) is 45.2 Å². The Morgan fingerprint density at radius 2 is 1.89 bits per heavy atom. The van der Waals surface area contributed by atoms with E-state index in [9.17, 15) is 9.59 Å². The first-order valence-electron chi connectivity index (χ1n) is 13.0. The second-order valence-corrected chi connectivity index (χ2v) is 11.1. The molecule has 2 aromatic carbocycles. The van der Waals surface area contributed by atoms with Gasteiger partial charge in [0, 0.05) is 21.7 Å². The Morgan fingerprint density at radius 3 is 2.74 bits per heavy atom. The van der Waals surface area contributed by atoms with Gasteiger partial charge in [-0.3, -0.25) is 0 Å². The van der Waals surface area contributed by atoms with Crippen LogP contribution < -0.4 is 5.32 Å². The Kier molecular flexibility index (Phi) is 6.72. The Morgan fingerprint density at radius 1 is 1.05 bits per heavy atom. The predicted octanol–water partition coefficient (Wildman–Crippen LogP) is 7.38. The minimum Gasteiger partial charge on any atom is -0.462 e. The average Bonchev–Trinajstić information content (AvgIpc) is 3.51. The molecule has 194 valence electrons. The molecule has 0 saturated heterocycles. The molecule has 38 heavy (non-hydrogen) atoms. The number of anilines is 1. The van der Waals surface area contributed by atoms with Crippen molar-refractivity contribution >= 4 is 40.6 Å². The van der Waals surface area contributed by atoms with Gasteiger partial charge in [0.2, 0.25) is 0 Å². The number of thiophene rings is 1. The number of esters is 1. The van der Waals surface area contributed by atoms with Crippen LogP contribution in [0.25, 0.3) is 5.00 Å². The van der Waals surface area contributed by atoms with E-state index in [4.69, 9.17) is 16.3 Å². The smallest absolute Gasteiger partial charge is 0.340 e. The van der Waals surface area contributed by atoms with Crippen LogP contribution in [0.5, 0.6) is 0 Å². The fraction of sp³-hybridized carbons (Fsp3) is 0.267. The summed E-state index contributed by atoms with van der Waals surface area (Å²) in [4.78, 5) is 30.1. The molecule has 1 aliphatic heterocycles. The van der Waals surface area contributed by atoms with Gasteiger partial charge in [0.25, 0.3) is 0 Å². The Hall–Kier alpha value is -3.55. The molecule has 0 bridgehead atoms. The van der Waals surface area contributed by atoms with E-state index in [1.54, 1.807) is 31.2 Å². The van der Waals surface area contributed by atoms with Crippen LogP contribution in [0.1, 0.15) is 63.4 Å². The summed E-state index contributed by atoms with van der Waals surface area (Å²) in [7, 11) is 0. The molecule has 2 amide bonds. The molecule has 4 aromatic rings. The van der Waals surface area contributed by atoms with Gasteiger partial charge in [-0.15, -0.1) is 11.3 Å². The lowest BCUT2D eigenvalue weighted by Gasteiger charge is -2.31. The molecule has 6 rings (SSSR count). The number of hydrogen-bond donors (Lipinski definition) is 1. The second-order valence-electron chi connectivity index (χ2n) is 9.58. The Balaban J connectivity index is 1.47. The molecule has 1 N–H and O–H groups in total. The van der Waals surface area contributed by atoms with Crippen molar-refractivity contribution in [3.05, 3.63) is 105 Å². The zero-order chi connectivity index (χ0) is 26.2. The quantitative estimate of drug-likeness (QED) is 0.272. The van der Waals surface area contributed by atoms with Crippen molar-refractivity contribution in [2.75, 3.05) is 11.9 Å². The van der Waals surface area contributed by atoms with E-state index in [1.807, 2.05) is 46.6 Å². The summed E-state index contributed by atoms with van der Waals surface area (Å²) >= 11 is 8.28. The maximum atomic E-state index is 14.2. The summed E-state index contributed by atoms with van der Waals surface area (Å²) < 4.78 is 7.47. The molecule has 1 atom stereocenters. The van der Waals surface area contributed by atoms with Gasteiger partial charge in [-0.05, 0) is 80.1 Å². The van der Waals surface area contributed by atoms with Crippen LogP contribution in [0.4, 0.5) is 10.5 Å². The topological polar surface area (TPSA) is 63.6 Å².